The minimum Gasteiger partial charge on any atom is -0.375 e. The molecule has 0 saturated carbocycles. The summed E-state index contributed by atoms with van der Waals surface area (Å²) in [6, 6.07) is 12.7. The van der Waals surface area contributed by atoms with E-state index in [1.807, 2.05) is 30.7 Å². The lowest BCUT2D eigenvalue weighted by molar-refractivity contribution is 0.0532. The van der Waals surface area contributed by atoms with E-state index in [2.05, 4.69) is 10.2 Å². The fraction of sp³-hybridized carbons (Fsp3) is 0.316. The van der Waals surface area contributed by atoms with Crippen LogP contribution in [-0.4, -0.2) is 40.2 Å². The molecule has 1 fully saturated rings. The van der Waals surface area contributed by atoms with E-state index in [9.17, 15) is 13.2 Å². The van der Waals surface area contributed by atoms with Crippen LogP contribution in [0.2, 0.25) is 0 Å². The monoisotopic (exact) mass is 389 g/mol. The number of sulfonamides is 1. The second-order valence-corrected chi connectivity index (χ2v) is 8.23. The van der Waals surface area contributed by atoms with Gasteiger partial charge in [-0.3, -0.25) is 0 Å². The Kier molecular flexibility index (Phi) is 5.67. The first-order valence-electron chi connectivity index (χ1n) is 8.70. The predicted octanol–water partition coefficient (Wildman–Crippen LogP) is 2.73. The van der Waals surface area contributed by atoms with Crippen LogP contribution in [0, 0.1) is 6.92 Å². The summed E-state index contributed by atoms with van der Waals surface area (Å²) >= 11 is 0. The molecule has 3 rings (SSSR count). The highest BCUT2D eigenvalue weighted by atomic mass is 32.2. The molecule has 0 aromatic heterocycles. The van der Waals surface area contributed by atoms with Crippen molar-refractivity contribution in [2.24, 2.45) is 0 Å². The molecule has 144 valence electrons. The van der Waals surface area contributed by atoms with Crippen molar-refractivity contribution in [3.05, 3.63) is 54.1 Å². The summed E-state index contributed by atoms with van der Waals surface area (Å²) in [4.78, 5) is 14.3. The van der Waals surface area contributed by atoms with E-state index in [0.29, 0.717) is 12.3 Å². The summed E-state index contributed by atoms with van der Waals surface area (Å²) in [5.74, 6) is 0. The molecule has 1 atom stereocenters. The molecule has 1 aliphatic rings. The topological polar surface area (TPSA) is 87.7 Å². The highest BCUT2D eigenvalue weighted by Crippen LogP contribution is 2.20. The van der Waals surface area contributed by atoms with Gasteiger partial charge in [0, 0.05) is 24.5 Å². The van der Waals surface area contributed by atoms with Gasteiger partial charge in [-0.1, -0.05) is 17.7 Å². The van der Waals surface area contributed by atoms with Crippen molar-refractivity contribution in [3.63, 3.8) is 0 Å². The number of morpholine rings is 1. The molecule has 1 saturated heterocycles. The van der Waals surface area contributed by atoms with Crippen molar-refractivity contribution in [3.8, 4) is 0 Å². The Labute approximate surface area is 159 Å². The van der Waals surface area contributed by atoms with Crippen LogP contribution in [0.4, 0.5) is 16.2 Å². The molecule has 1 unspecified atom stereocenters. The highest BCUT2D eigenvalue weighted by molar-refractivity contribution is 7.90. The summed E-state index contributed by atoms with van der Waals surface area (Å²) in [6.45, 7) is 6.19. The first-order valence-corrected chi connectivity index (χ1v) is 10.2. The molecule has 8 heteroatoms. The molecule has 0 radical (unpaired) electrons. The van der Waals surface area contributed by atoms with Gasteiger partial charge in [-0.15, -0.1) is 0 Å². The molecular weight excluding hydrogens is 366 g/mol. The van der Waals surface area contributed by atoms with E-state index in [1.165, 1.54) is 12.1 Å². The first kappa shape index (κ1) is 19.2. The minimum absolute atomic E-state index is 0.0417. The third-order valence-electron chi connectivity index (χ3n) is 4.29. The molecule has 27 heavy (non-hydrogen) atoms. The second-order valence-electron chi connectivity index (χ2n) is 6.55. The summed E-state index contributed by atoms with van der Waals surface area (Å²) in [5, 5.41) is 2.55. The zero-order chi connectivity index (χ0) is 19.4. The van der Waals surface area contributed by atoms with Gasteiger partial charge in [0.05, 0.1) is 17.6 Å². The molecule has 2 aromatic carbocycles. The number of hydrogen-bond acceptors (Lipinski definition) is 5. The van der Waals surface area contributed by atoms with Crippen molar-refractivity contribution in [1.29, 1.82) is 0 Å². The predicted molar refractivity (Wildman–Crippen MR) is 105 cm³/mol. The van der Waals surface area contributed by atoms with Gasteiger partial charge in [0.25, 0.3) is 10.0 Å². The largest absolute Gasteiger partial charge is 0.375 e. The van der Waals surface area contributed by atoms with Crippen molar-refractivity contribution in [1.82, 2.24) is 4.72 Å². The Morgan fingerprint density at radius 1 is 1.11 bits per heavy atom. The molecule has 2 N–H and O–H groups in total. The maximum atomic E-state index is 12.2. The fourth-order valence-corrected chi connectivity index (χ4v) is 3.77. The minimum atomic E-state index is -3.91. The molecule has 0 bridgehead atoms. The lowest BCUT2D eigenvalue weighted by Gasteiger charge is -2.33. The van der Waals surface area contributed by atoms with Crippen LogP contribution >= 0.6 is 0 Å². The number of anilines is 2. The van der Waals surface area contributed by atoms with Gasteiger partial charge in [0.2, 0.25) is 0 Å². The van der Waals surface area contributed by atoms with Crippen LogP contribution in [0.3, 0.4) is 0 Å². The van der Waals surface area contributed by atoms with E-state index < -0.39 is 16.1 Å². The zero-order valence-corrected chi connectivity index (χ0v) is 16.1. The lowest BCUT2D eigenvalue weighted by atomic mass is 10.2. The number of aryl methyl sites for hydroxylation is 1. The van der Waals surface area contributed by atoms with E-state index in [0.717, 1.165) is 24.3 Å². The number of benzene rings is 2. The smallest absolute Gasteiger partial charge is 0.333 e. The number of nitrogens with zero attached hydrogens (tertiary/aromatic N) is 1. The fourth-order valence-electron chi connectivity index (χ4n) is 2.86. The van der Waals surface area contributed by atoms with Crippen molar-refractivity contribution in [2.45, 2.75) is 24.8 Å². The molecule has 0 aliphatic carbocycles. The van der Waals surface area contributed by atoms with E-state index in [-0.39, 0.29) is 11.0 Å². The number of carbonyl (C=O) groups is 1. The van der Waals surface area contributed by atoms with Crippen LogP contribution < -0.4 is 14.9 Å². The Morgan fingerprint density at radius 2 is 1.78 bits per heavy atom. The van der Waals surface area contributed by atoms with Gasteiger partial charge in [-0.05, 0) is 50.2 Å². The van der Waals surface area contributed by atoms with Crippen LogP contribution in [0.15, 0.2) is 53.4 Å². The molecule has 1 heterocycles. The third-order valence-corrected chi connectivity index (χ3v) is 5.64. The Balaban J connectivity index is 1.61. The Morgan fingerprint density at radius 3 is 2.41 bits per heavy atom. The number of urea groups is 1. The van der Waals surface area contributed by atoms with E-state index in [4.69, 9.17) is 4.74 Å². The first-order chi connectivity index (χ1) is 12.8. The Hall–Kier alpha value is -2.58. The molecule has 2 amide bonds. The second kappa shape index (κ2) is 7.98. The average molecular weight is 389 g/mol. The summed E-state index contributed by atoms with van der Waals surface area (Å²) in [7, 11) is -3.91. The van der Waals surface area contributed by atoms with Crippen LogP contribution in [0.5, 0.6) is 0 Å². The zero-order valence-electron chi connectivity index (χ0n) is 15.3. The molecule has 2 aromatic rings. The molecule has 0 spiro atoms. The average Bonchev–Trinajstić information content (AvgIpc) is 2.62. The van der Waals surface area contributed by atoms with E-state index >= 15 is 0 Å². The maximum absolute atomic E-state index is 12.2. The number of hydrogen-bond donors (Lipinski definition) is 2. The quantitative estimate of drug-likeness (QED) is 0.840. The molecule has 7 nitrogen and oxygen atoms in total. The number of nitrogens with one attached hydrogen (secondary N) is 2. The molecule has 1 aliphatic heterocycles. The number of carbonyl (C=O) groups excluding carboxylic acids is 1. The van der Waals surface area contributed by atoms with Gasteiger partial charge in [0.15, 0.2) is 0 Å². The Bertz CT molecular complexity index is 896. The SMILES string of the molecule is Cc1ccc(S(=O)(=O)NC(=O)Nc2ccc(N3CCOC(C)C3)cc2)cc1. The molecular formula is C19H23N3O4S. The van der Waals surface area contributed by atoms with Crippen LogP contribution in [0.25, 0.3) is 0 Å². The van der Waals surface area contributed by atoms with Crippen LogP contribution in [0.1, 0.15) is 12.5 Å². The highest BCUT2D eigenvalue weighted by Gasteiger charge is 2.19. The lowest BCUT2D eigenvalue weighted by Crippen LogP contribution is -2.41. The number of amides is 2. The van der Waals surface area contributed by atoms with Crippen molar-refractivity contribution >= 4 is 27.4 Å². The summed E-state index contributed by atoms with van der Waals surface area (Å²) < 4.78 is 32.0. The van der Waals surface area contributed by atoms with Gasteiger partial charge >= 0.3 is 6.03 Å². The van der Waals surface area contributed by atoms with Crippen LogP contribution in [-0.2, 0) is 14.8 Å². The third kappa shape index (κ3) is 4.99. The standard InChI is InChI=1S/C19H23N3O4S/c1-14-3-9-18(10-4-14)27(24,25)21-19(23)20-16-5-7-17(8-6-16)22-11-12-26-15(2)13-22/h3-10,15H,11-13H2,1-2H3,(H2,20,21,23). The number of rotatable bonds is 4. The van der Waals surface area contributed by atoms with Gasteiger partial charge in [0.1, 0.15) is 0 Å². The van der Waals surface area contributed by atoms with Gasteiger partial charge in [-0.25, -0.2) is 17.9 Å². The van der Waals surface area contributed by atoms with Gasteiger partial charge in [-0.2, -0.15) is 0 Å². The summed E-state index contributed by atoms with van der Waals surface area (Å²) in [6.07, 6.45) is 0.175. The van der Waals surface area contributed by atoms with E-state index in [1.54, 1.807) is 24.3 Å². The summed E-state index contributed by atoms with van der Waals surface area (Å²) in [5.41, 5.74) is 2.48. The van der Waals surface area contributed by atoms with Crippen molar-refractivity contribution in [2.75, 3.05) is 29.9 Å². The van der Waals surface area contributed by atoms with Gasteiger partial charge < -0.3 is 15.0 Å². The normalized spacial score (nSPS) is 17.4. The number of ether oxygens (including phenoxy) is 1. The van der Waals surface area contributed by atoms with Crippen molar-refractivity contribution < 1.29 is 17.9 Å². The maximum Gasteiger partial charge on any atom is 0.333 e.